The molecule has 0 bridgehead atoms. The predicted octanol–water partition coefficient (Wildman–Crippen LogP) is 3.65. The maximum atomic E-state index is 12.4. The summed E-state index contributed by atoms with van der Waals surface area (Å²) in [5.41, 5.74) is 1.67. The summed E-state index contributed by atoms with van der Waals surface area (Å²) in [7, 11) is -3.56. The van der Waals surface area contributed by atoms with Gasteiger partial charge in [-0.05, 0) is 48.4 Å². The molecule has 1 N–H and O–H groups in total. The minimum Gasteiger partial charge on any atom is -0.256 e. The van der Waals surface area contributed by atoms with E-state index in [-0.39, 0.29) is 4.90 Å². The number of hydrazine groups is 1. The van der Waals surface area contributed by atoms with Crippen LogP contribution < -0.4 is 4.83 Å². The molecule has 5 nitrogen and oxygen atoms in total. The summed E-state index contributed by atoms with van der Waals surface area (Å²) >= 11 is 3.39. The van der Waals surface area contributed by atoms with Crippen molar-refractivity contribution in [3.8, 4) is 0 Å². The summed E-state index contributed by atoms with van der Waals surface area (Å²) in [6.45, 7) is 1.25. The Kier molecular flexibility index (Phi) is 5.80. The molecule has 0 aromatic heterocycles. The summed E-state index contributed by atoms with van der Waals surface area (Å²) in [4.78, 5) is 7.20. The summed E-state index contributed by atoms with van der Waals surface area (Å²) in [6, 6.07) is 14.3. The summed E-state index contributed by atoms with van der Waals surface area (Å²) in [5, 5.41) is 1.69. The molecule has 0 radical (unpaired) electrons. The number of hydrogen-bond donors (Lipinski definition) is 1. The van der Waals surface area contributed by atoms with Crippen LogP contribution in [0.5, 0.6) is 0 Å². The highest BCUT2D eigenvalue weighted by Gasteiger charge is 2.18. The molecule has 130 valence electrons. The van der Waals surface area contributed by atoms with Gasteiger partial charge in [0.1, 0.15) is 0 Å². The largest absolute Gasteiger partial charge is 0.256 e. The fourth-order valence-electron chi connectivity index (χ4n) is 2.36. The zero-order valence-corrected chi connectivity index (χ0v) is 15.9. The topological polar surface area (TPSA) is 61.8 Å². The van der Waals surface area contributed by atoms with Crippen molar-refractivity contribution in [2.45, 2.75) is 11.3 Å². The molecule has 0 saturated carbocycles. The van der Waals surface area contributed by atoms with E-state index in [1.165, 1.54) is 0 Å². The molecule has 1 aliphatic rings. The Morgan fingerprint density at radius 3 is 2.40 bits per heavy atom. The minimum atomic E-state index is -3.56. The van der Waals surface area contributed by atoms with Crippen molar-refractivity contribution in [1.82, 2.24) is 9.84 Å². The summed E-state index contributed by atoms with van der Waals surface area (Å²) in [5.74, 6) is 0. The standard InChI is InChI=1S/C18H18BrN3O2S/c19-16-6-4-15(5-7-16)14-20-17-8-10-18(11-9-17)25(23,24)21-22-12-2-1-3-13-22/h1-2,4-11,14,21H,3,12-13H2. The van der Waals surface area contributed by atoms with Crippen molar-refractivity contribution in [2.75, 3.05) is 13.1 Å². The first-order valence-corrected chi connectivity index (χ1v) is 10.1. The van der Waals surface area contributed by atoms with Crippen LogP contribution in [0, 0.1) is 0 Å². The van der Waals surface area contributed by atoms with E-state index in [4.69, 9.17) is 0 Å². The Morgan fingerprint density at radius 1 is 1.04 bits per heavy atom. The van der Waals surface area contributed by atoms with Gasteiger partial charge in [0.25, 0.3) is 10.0 Å². The van der Waals surface area contributed by atoms with E-state index in [2.05, 4.69) is 25.8 Å². The number of nitrogens with zero attached hydrogens (tertiary/aromatic N) is 2. The monoisotopic (exact) mass is 419 g/mol. The van der Waals surface area contributed by atoms with E-state index in [9.17, 15) is 8.42 Å². The van der Waals surface area contributed by atoms with E-state index in [0.717, 1.165) is 16.5 Å². The van der Waals surface area contributed by atoms with Crippen molar-refractivity contribution >= 4 is 37.9 Å². The van der Waals surface area contributed by atoms with Gasteiger partial charge in [0.15, 0.2) is 0 Å². The van der Waals surface area contributed by atoms with Crippen LogP contribution in [-0.4, -0.2) is 32.7 Å². The predicted molar refractivity (Wildman–Crippen MR) is 103 cm³/mol. The zero-order chi connectivity index (χ0) is 17.7. The average molecular weight is 420 g/mol. The second kappa shape index (κ2) is 8.05. The fourth-order valence-corrected chi connectivity index (χ4v) is 3.73. The van der Waals surface area contributed by atoms with Crippen LogP contribution in [0.1, 0.15) is 12.0 Å². The van der Waals surface area contributed by atoms with Gasteiger partial charge in [-0.25, -0.2) is 13.4 Å². The first kappa shape index (κ1) is 18.0. The van der Waals surface area contributed by atoms with Gasteiger partial charge in [0, 0.05) is 23.8 Å². The quantitative estimate of drug-likeness (QED) is 0.593. The lowest BCUT2D eigenvalue weighted by atomic mass is 10.2. The molecule has 0 aliphatic carbocycles. The number of halogens is 1. The van der Waals surface area contributed by atoms with Gasteiger partial charge in [0.05, 0.1) is 10.6 Å². The second-order valence-electron chi connectivity index (χ2n) is 5.60. The van der Waals surface area contributed by atoms with Gasteiger partial charge < -0.3 is 0 Å². The second-order valence-corrected chi connectivity index (χ2v) is 8.18. The van der Waals surface area contributed by atoms with Crippen LogP contribution in [0.25, 0.3) is 0 Å². The number of sulfonamides is 1. The zero-order valence-electron chi connectivity index (χ0n) is 13.5. The Labute approximate surface area is 156 Å². The highest BCUT2D eigenvalue weighted by atomic mass is 79.9. The Hall–Kier alpha value is -1.80. The third-order valence-electron chi connectivity index (χ3n) is 3.69. The third-order valence-corrected chi connectivity index (χ3v) is 5.61. The van der Waals surface area contributed by atoms with Crippen LogP contribution in [0.3, 0.4) is 0 Å². The summed E-state index contributed by atoms with van der Waals surface area (Å²) in [6.07, 6.45) is 6.58. The molecule has 25 heavy (non-hydrogen) atoms. The molecule has 1 heterocycles. The van der Waals surface area contributed by atoms with Gasteiger partial charge >= 0.3 is 0 Å². The van der Waals surface area contributed by atoms with Crippen LogP contribution in [-0.2, 0) is 10.0 Å². The third kappa shape index (κ3) is 5.09. The number of nitrogens with one attached hydrogen (secondary N) is 1. The molecule has 7 heteroatoms. The van der Waals surface area contributed by atoms with E-state index in [1.807, 2.05) is 36.4 Å². The highest BCUT2D eigenvalue weighted by Crippen LogP contribution is 2.17. The average Bonchev–Trinajstić information content (AvgIpc) is 2.62. The van der Waals surface area contributed by atoms with E-state index >= 15 is 0 Å². The Morgan fingerprint density at radius 2 is 1.76 bits per heavy atom. The molecule has 1 aliphatic heterocycles. The minimum absolute atomic E-state index is 0.227. The van der Waals surface area contributed by atoms with Gasteiger partial charge in [-0.2, -0.15) is 0 Å². The Bertz CT molecular complexity index is 876. The van der Waals surface area contributed by atoms with Crippen LogP contribution in [0.4, 0.5) is 5.69 Å². The molecule has 2 aromatic rings. The first-order valence-electron chi connectivity index (χ1n) is 7.85. The van der Waals surface area contributed by atoms with Gasteiger partial charge in [0.2, 0.25) is 0 Å². The maximum Gasteiger partial charge on any atom is 0.253 e. The summed E-state index contributed by atoms with van der Waals surface area (Å²) < 4.78 is 25.8. The molecule has 0 unspecified atom stereocenters. The SMILES string of the molecule is O=S(=O)(NN1CC=CCC1)c1ccc(N=Cc2ccc(Br)cc2)cc1. The molecule has 0 fully saturated rings. The first-order chi connectivity index (χ1) is 12.0. The van der Waals surface area contributed by atoms with E-state index in [0.29, 0.717) is 18.8 Å². The van der Waals surface area contributed by atoms with Crippen molar-refractivity contribution < 1.29 is 8.42 Å². The number of rotatable bonds is 5. The van der Waals surface area contributed by atoms with Crippen molar-refractivity contribution in [3.63, 3.8) is 0 Å². The molecule has 0 atom stereocenters. The van der Waals surface area contributed by atoms with Crippen LogP contribution in [0.2, 0.25) is 0 Å². The van der Waals surface area contributed by atoms with Crippen LogP contribution in [0.15, 0.2) is 75.0 Å². The lowest BCUT2D eigenvalue weighted by Crippen LogP contribution is -2.43. The van der Waals surface area contributed by atoms with Crippen molar-refractivity contribution in [3.05, 3.63) is 70.7 Å². The number of aliphatic imine (C=N–C) groups is 1. The highest BCUT2D eigenvalue weighted by molar-refractivity contribution is 9.10. The molecule has 0 amide bonds. The van der Waals surface area contributed by atoms with Gasteiger partial charge in [-0.1, -0.05) is 40.2 Å². The van der Waals surface area contributed by atoms with Gasteiger partial charge in [-0.15, -0.1) is 4.83 Å². The molecular weight excluding hydrogens is 402 g/mol. The lowest BCUT2D eigenvalue weighted by molar-refractivity contribution is 0.263. The fraction of sp³-hybridized carbons (Fsp3) is 0.167. The van der Waals surface area contributed by atoms with Crippen molar-refractivity contribution in [1.29, 1.82) is 0 Å². The molecule has 3 rings (SSSR count). The maximum absolute atomic E-state index is 12.4. The molecule has 2 aromatic carbocycles. The number of hydrogen-bond acceptors (Lipinski definition) is 4. The molecular formula is C18H18BrN3O2S. The van der Waals surface area contributed by atoms with Crippen LogP contribution >= 0.6 is 15.9 Å². The van der Waals surface area contributed by atoms with E-state index < -0.39 is 10.0 Å². The lowest BCUT2D eigenvalue weighted by Gasteiger charge is -2.23. The van der Waals surface area contributed by atoms with E-state index in [1.54, 1.807) is 35.5 Å². The smallest absolute Gasteiger partial charge is 0.253 e. The van der Waals surface area contributed by atoms with Gasteiger partial charge in [-0.3, -0.25) is 4.99 Å². The van der Waals surface area contributed by atoms with Crippen molar-refractivity contribution in [2.24, 2.45) is 4.99 Å². The molecule has 0 spiro atoms. The Balaban J connectivity index is 1.68. The molecule has 0 saturated heterocycles. The normalized spacial score (nSPS) is 15.7. The number of benzene rings is 2.